The van der Waals surface area contributed by atoms with Gasteiger partial charge in [-0.3, -0.25) is 4.98 Å². The van der Waals surface area contributed by atoms with Gasteiger partial charge in [0.15, 0.2) is 5.76 Å². The number of urea groups is 1. The zero-order valence-corrected chi connectivity index (χ0v) is 12.5. The van der Waals surface area contributed by atoms with Crippen molar-refractivity contribution >= 4 is 6.03 Å². The second-order valence-corrected chi connectivity index (χ2v) is 5.01. The van der Waals surface area contributed by atoms with E-state index in [4.69, 9.17) is 4.52 Å². The number of carbonyl (C=O) groups is 1. The lowest BCUT2D eigenvalue weighted by Gasteiger charge is -2.19. The highest BCUT2D eigenvalue weighted by Crippen LogP contribution is 2.16. The number of rotatable bonds is 5. The van der Waals surface area contributed by atoms with Crippen molar-refractivity contribution in [2.45, 2.75) is 32.9 Å². The Morgan fingerprint density at radius 3 is 2.90 bits per heavy atom. The molecule has 0 aromatic carbocycles. The van der Waals surface area contributed by atoms with Crippen LogP contribution >= 0.6 is 0 Å². The molecule has 0 bridgehead atoms. The predicted octanol–water partition coefficient (Wildman–Crippen LogP) is 2.68. The van der Waals surface area contributed by atoms with Gasteiger partial charge in [-0.05, 0) is 25.5 Å². The maximum atomic E-state index is 11.9. The van der Waals surface area contributed by atoms with Gasteiger partial charge in [-0.2, -0.15) is 0 Å². The number of hydrogen-bond acceptors (Lipinski definition) is 4. The van der Waals surface area contributed by atoms with Gasteiger partial charge in [-0.1, -0.05) is 18.1 Å². The molecule has 0 spiro atoms. The molecule has 0 fully saturated rings. The maximum Gasteiger partial charge on any atom is 0.317 e. The van der Waals surface area contributed by atoms with Gasteiger partial charge in [0.25, 0.3) is 0 Å². The summed E-state index contributed by atoms with van der Waals surface area (Å²) in [5.41, 5.74) is 1.42. The Labute approximate surface area is 124 Å². The van der Waals surface area contributed by atoms with Gasteiger partial charge in [0.2, 0.25) is 0 Å². The van der Waals surface area contributed by atoms with Crippen LogP contribution in [0.25, 0.3) is 11.4 Å². The van der Waals surface area contributed by atoms with Crippen LogP contribution in [0, 0.1) is 0 Å². The molecule has 2 heterocycles. The smallest absolute Gasteiger partial charge is 0.317 e. The summed E-state index contributed by atoms with van der Waals surface area (Å²) in [7, 11) is 1.72. The van der Waals surface area contributed by atoms with Crippen LogP contribution < -0.4 is 5.32 Å². The number of pyridine rings is 1. The average molecular weight is 288 g/mol. The van der Waals surface area contributed by atoms with E-state index in [1.807, 2.05) is 32.0 Å². The molecule has 112 valence electrons. The zero-order valence-electron chi connectivity index (χ0n) is 12.5. The van der Waals surface area contributed by atoms with Gasteiger partial charge in [0.1, 0.15) is 5.69 Å². The van der Waals surface area contributed by atoms with Crippen molar-refractivity contribution in [3.05, 3.63) is 36.2 Å². The highest BCUT2D eigenvalue weighted by molar-refractivity contribution is 5.74. The lowest BCUT2D eigenvalue weighted by atomic mass is 10.2. The van der Waals surface area contributed by atoms with Crippen LogP contribution in [0.15, 0.2) is 35.0 Å². The monoisotopic (exact) mass is 288 g/mol. The molecule has 0 aliphatic carbocycles. The summed E-state index contributed by atoms with van der Waals surface area (Å²) < 4.78 is 5.26. The summed E-state index contributed by atoms with van der Waals surface area (Å²) in [6.07, 6.45) is 2.60. The van der Waals surface area contributed by atoms with E-state index >= 15 is 0 Å². The fourth-order valence-corrected chi connectivity index (χ4v) is 1.75. The summed E-state index contributed by atoms with van der Waals surface area (Å²) in [4.78, 5) is 17.7. The van der Waals surface area contributed by atoms with Crippen molar-refractivity contribution in [3.8, 4) is 11.4 Å². The van der Waals surface area contributed by atoms with E-state index in [2.05, 4.69) is 15.5 Å². The molecule has 0 saturated heterocycles. The van der Waals surface area contributed by atoms with Gasteiger partial charge >= 0.3 is 6.03 Å². The summed E-state index contributed by atoms with van der Waals surface area (Å²) in [5, 5.41) is 6.88. The minimum atomic E-state index is -0.125. The predicted molar refractivity (Wildman–Crippen MR) is 79.5 cm³/mol. The second kappa shape index (κ2) is 6.88. The first-order valence-electron chi connectivity index (χ1n) is 6.98. The molecule has 6 heteroatoms. The Morgan fingerprint density at radius 2 is 2.24 bits per heavy atom. The van der Waals surface area contributed by atoms with E-state index in [1.165, 1.54) is 0 Å². The summed E-state index contributed by atoms with van der Waals surface area (Å²) in [5.74, 6) is 0.623. The van der Waals surface area contributed by atoms with E-state index in [-0.39, 0.29) is 12.1 Å². The molecule has 1 atom stereocenters. The molecule has 0 saturated carbocycles. The van der Waals surface area contributed by atoms with E-state index in [1.54, 1.807) is 24.2 Å². The summed E-state index contributed by atoms with van der Waals surface area (Å²) in [6, 6.07) is 7.43. The fourth-order valence-electron chi connectivity index (χ4n) is 1.75. The quantitative estimate of drug-likeness (QED) is 0.918. The molecule has 0 aliphatic rings. The Bertz CT molecular complexity index is 582. The standard InChI is InChI=1S/C15H20N4O2/c1-4-11(2)17-15(20)19(3)10-12-9-14(18-21-12)13-7-5-6-8-16-13/h5-9,11H,4,10H2,1-3H3,(H,17,20). The Morgan fingerprint density at radius 1 is 1.43 bits per heavy atom. The number of nitrogens with zero attached hydrogens (tertiary/aromatic N) is 3. The first-order chi connectivity index (χ1) is 10.1. The summed E-state index contributed by atoms with van der Waals surface area (Å²) >= 11 is 0. The van der Waals surface area contributed by atoms with E-state index in [0.717, 1.165) is 12.1 Å². The van der Waals surface area contributed by atoms with Crippen LogP contribution in [-0.4, -0.2) is 34.2 Å². The lowest BCUT2D eigenvalue weighted by molar-refractivity contribution is 0.197. The van der Waals surface area contributed by atoms with Crippen molar-refractivity contribution < 1.29 is 9.32 Å². The molecule has 2 amide bonds. The van der Waals surface area contributed by atoms with Crippen molar-refractivity contribution in [3.63, 3.8) is 0 Å². The van der Waals surface area contributed by atoms with Crippen LogP contribution in [0.5, 0.6) is 0 Å². The van der Waals surface area contributed by atoms with Crippen molar-refractivity contribution in [1.82, 2.24) is 20.4 Å². The van der Waals surface area contributed by atoms with Crippen LogP contribution in [0.2, 0.25) is 0 Å². The fraction of sp³-hybridized carbons (Fsp3) is 0.400. The van der Waals surface area contributed by atoms with Crippen LogP contribution in [0.1, 0.15) is 26.0 Å². The first kappa shape index (κ1) is 15.0. The van der Waals surface area contributed by atoms with Crippen molar-refractivity contribution in [2.24, 2.45) is 0 Å². The minimum Gasteiger partial charge on any atom is -0.359 e. The van der Waals surface area contributed by atoms with Crippen LogP contribution in [0.3, 0.4) is 0 Å². The topological polar surface area (TPSA) is 71.3 Å². The molecule has 21 heavy (non-hydrogen) atoms. The number of amides is 2. The second-order valence-electron chi connectivity index (χ2n) is 5.01. The zero-order chi connectivity index (χ0) is 15.2. The maximum absolute atomic E-state index is 11.9. The molecule has 2 aromatic heterocycles. The van der Waals surface area contributed by atoms with Gasteiger partial charge in [0, 0.05) is 25.4 Å². The largest absolute Gasteiger partial charge is 0.359 e. The highest BCUT2D eigenvalue weighted by Gasteiger charge is 2.14. The Kier molecular flexibility index (Phi) is 4.92. The molecule has 1 unspecified atom stereocenters. The number of aromatic nitrogens is 2. The highest BCUT2D eigenvalue weighted by atomic mass is 16.5. The molecule has 6 nitrogen and oxygen atoms in total. The third-order valence-corrected chi connectivity index (χ3v) is 3.21. The van der Waals surface area contributed by atoms with E-state index in [9.17, 15) is 4.79 Å². The SMILES string of the molecule is CCC(C)NC(=O)N(C)Cc1cc(-c2ccccn2)no1. The molecular weight excluding hydrogens is 268 g/mol. The lowest BCUT2D eigenvalue weighted by Crippen LogP contribution is -2.41. The average Bonchev–Trinajstić information content (AvgIpc) is 2.96. The molecule has 0 radical (unpaired) electrons. The van der Waals surface area contributed by atoms with E-state index in [0.29, 0.717) is 18.0 Å². The number of nitrogens with one attached hydrogen (secondary N) is 1. The van der Waals surface area contributed by atoms with Gasteiger partial charge in [0.05, 0.1) is 12.2 Å². The Hall–Kier alpha value is -2.37. The van der Waals surface area contributed by atoms with Gasteiger partial charge in [-0.15, -0.1) is 0 Å². The molecular formula is C15H20N4O2. The third kappa shape index (κ3) is 4.05. The molecule has 1 N–H and O–H groups in total. The molecule has 0 aliphatic heterocycles. The Balaban J connectivity index is 1.98. The molecule has 2 aromatic rings. The van der Waals surface area contributed by atoms with Crippen LogP contribution in [-0.2, 0) is 6.54 Å². The third-order valence-electron chi connectivity index (χ3n) is 3.21. The van der Waals surface area contributed by atoms with E-state index < -0.39 is 0 Å². The van der Waals surface area contributed by atoms with Crippen LogP contribution in [0.4, 0.5) is 4.79 Å². The number of carbonyl (C=O) groups excluding carboxylic acids is 1. The summed E-state index contributed by atoms with van der Waals surface area (Å²) in [6.45, 7) is 4.36. The minimum absolute atomic E-state index is 0.125. The number of hydrogen-bond donors (Lipinski definition) is 1. The first-order valence-corrected chi connectivity index (χ1v) is 6.98. The van der Waals surface area contributed by atoms with Gasteiger partial charge < -0.3 is 14.7 Å². The van der Waals surface area contributed by atoms with Crippen molar-refractivity contribution in [1.29, 1.82) is 0 Å². The van der Waals surface area contributed by atoms with Crippen molar-refractivity contribution in [2.75, 3.05) is 7.05 Å². The molecule has 2 rings (SSSR count). The normalized spacial score (nSPS) is 12.0. The van der Waals surface area contributed by atoms with Gasteiger partial charge in [-0.25, -0.2) is 4.79 Å².